The number of aryl methyl sites for hydroxylation is 1. The molecule has 1 unspecified atom stereocenters. The van der Waals surface area contributed by atoms with Crippen LogP contribution in [0.3, 0.4) is 0 Å². The van der Waals surface area contributed by atoms with Crippen LogP contribution >= 0.6 is 11.6 Å². The molecule has 1 fully saturated rings. The topological polar surface area (TPSA) is 97.1 Å². The molecular formula is C22H21ClN4O3. The van der Waals surface area contributed by atoms with Crippen LogP contribution in [0.5, 0.6) is 0 Å². The van der Waals surface area contributed by atoms with Gasteiger partial charge in [0.2, 0.25) is 5.82 Å². The van der Waals surface area contributed by atoms with Gasteiger partial charge in [-0.25, -0.2) is 9.67 Å². The minimum atomic E-state index is -1.00. The first-order valence-electron chi connectivity index (χ1n) is 9.74. The van der Waals surface area contributed by atoms with Gasteiger partial charge in [-0.15, -0.1) is 5.10 Å². The molecule has 0 saturated heterocycles. The summed E-state index contributed by atoms with van der Waals surface area (Å²) in [5.41, 5.74) is 2.31. The fraction of sp³-hybridized carbons (Fsp3) is 0.273. The Kier molecular flexibility index (Phi) is 5.55. The summed E-state index contributed by atoms with van der Waals surface area (Å²) < 4.78 is 1.62. The summed E-state index contributed by atoms with van der Waals surface area (Å²) in [6, 6.07) is 14.0. The molecule has 0 bridgehead atoms. The number of para-hydroxylation sites is 1. The molecule has 154 valence electrons. The predicted octanol–water partition coefficient (Wildman–Crippen LogP) is 4.05. The van der Waals surface area contributed by atoms with Gasteiger partial charge in [0.1, 0.15) is 5.82 Å². The van der Waals surface area contributed by atoms with E-state index in [1.807, 2.05) is 49.4 Å². The zero-order valence-electron chi connectivity index (χ0n) is 16.4. The molecule has 4 rings (SSSR count). The Morgan fingerprint density at radius 2 is 1.90 bits per heavy atom. The number of hydrogen-bond donors (Lipinski definition) is 2. The van der Waals surface area contributed by atoms with Gasteiger partial charge in [-0.1, -0.05) is 48.0 Å². The lowest BCUT2D eigenvalue weighted by molar-refractivity contribution is -0.137. The van der Waals surface area contributed by atoms with E-state index in [0.29, 0.717) is 16.5 Å². The number of aromatic nitrogens is 3. The lowest BCUT2D eigenvalue weighted by Crippen LogP contribution is -2.31. The standard InChI is InChI=1S/C22H21ClN4O3/c1-13-6-2-3-7-15(13)17(12-19(28)29)24-22(30)20-25-21(14-10-11-14)27(26-20)18-9-5-4-8-16(18)23/h2-9,14,17H,10-12H2,1H3,(H,24,30)(H,28,29). The number of hydrogen-bond acceptors (Lipinski definition) is 4. The van der Waals surface area contributed by atoms with E-state index in [4.69, 9.17) is 11.6 Å². The molecule has 0 spiro atoms. The molecule has 30 heavy (non-hydrogen) atoms. The number of aliphatic carboxylic acids is 1. The monoisotopic (exact) mass is 424 g/mol. The molecule has 8 heteroatoms. The molecule has 1 aliphatic carbocycles. The van der Waals surface area contributed by atoms with Gasteiger partial charge in [0.25, 0.3) is 5.91 Å². The second-order valence-electron chi connectivity index (χ2n) is 7.41. The van der Waals surface area contributed by atoms with Crippen molar-refractivity contribution in [3.8, 4) is 5.69 Å². The first kappa shape index (κ1) is 20.1. The summed E-state index contributed by atoms with van der Waals surface area (Å²) in [4.78, 5) is 28.8. The number of amides is 1. The molecule has 1 aliphatic rings. The van der Waals surface area contributed by atoms with Gasteiger partial charge in [0.15, 0.2) is 0 Å². The largest absolute Gasteiger partial charge is 0.481 e. The number of halogens is 1. The third kappa shape index (κ3) is 4.21. The zero-order valence-corrected chi connectivity index (χ0v) is 17.1. The molecular weight excluding hydrogens is 404 g/mol. The van der Waals surface area contributed by atoms with Crippen molar-refractivity contribution in [2.45, 2.75) is 38.1 Å². The smallest absolute Gasteiger partial charge is 0.305 e. The SMILES string of the molecule is Cc1ccccc1C(CC(=O)O)NC(=O)c1nc(C2CC2)n(-c2ccccc2Cl)n1. The first-order chi connectivity index (χ1) is 14.4. The van der Waals surface area contributed by atoms with Crippen molar-refractivity contribution < 1.29 is 14.7 Å². The van der Waals surface area contributed by atoms with E-state index in [0.717, 1.165) is 24.0 Å². The van der Waals surface area contributed by atoms with Crippen LogP contribution in [0.2, 0.25) is 5.02 Å². The second kappa shape index (κ2) is 8.28. The molecule has 1 aromatic heterocycles. The van der Waals surface area contributed by atoms with Gasteiger partial charge in [-0.05, 0) is 43.0 Å². The van der Waals surface area contributed by atoms with E-state index in [2.05, 4.69) is 15.4 Å². The molecule has 1 atom stereocenters. The Morgan fingerprint density at radius 3 is 2.57 bits per heavy atom. The molecule has 2 aromatic carbocycles. The summed E-state index contributed by atoms with van der Waals surface area (Å²) in [7, 11) is 0. The second-order valence-corrected chi connectivity index (χ2v) is 7.82. The van der Waals surface area contributed by atoms with E-state index in [1.165, 1.54) is 0 Å². The Balaban J connectivity index is 1.66. The van der Waals surface area contributed by atoms with Crippen LogP contribution in [-0.4, -0.2) is 31.7 Å². The lowest BCUT2D eigenvalue weighted by atomic mass is 9.99. The Hall–Kier alpha value is -3.19. The highest BCUT2D eigenvalue weighted by Crippen LogP contribution is 2.40. The first-order valence-corrected chi connectivity index (χ1v) is 10.1. The molecule has 3 aromatic rings. The van der Waals surface area contributed by atoms with E-state index in [9.17, 15) is 14.7 Å². The number of nitrogens with one attached hydrogen (secondary N) is 1. The number of rotatable bonds is 7. The lowest BCUT2D eigenvalue weighted by Gasteiger charge is -2.18. The van der Waals surface area contributed by atoms with Crippen LogP contribution in [0.4, 0.5) is 0 Å². The maximum Gasteiger partial charge on any atom is 0.305 e. The summed E-state index contributed by atoms with van der Waals surface area (Å²) in [6.07, 6.45) is 1.72. The van der Waals surface area contributed by atoms with E-state index < -0.39 is 17.9 Å². The number of carboxylic acid groups (broad SMARTS) is 1. The van der Waals surface area contributed by atoms with Gasteiger partial charge >= 0.3 is 5.97 Å². The normalized spacial score (nSPS) is 14.3. The van der Waals surface area contributed by atoms with Crippen molar-refractivity contribution in [3.63, 3.8) is 0 Å². The van der Waals surface area contributed by atoms with Crippen molar-refractivity contribution >= 4 is 23.5 Å². The number of nitrogens with zero attached hydrogens (tertiary/aromatic N) is 3. The van der Waals surface area contributed by atoms with Gasteiger partial charge in [0.05, 0.1) is 23.2 Å². The van der Waals surface area contributed by atoms with Crippen molar-refractivity contribution in [2.75, 3.05) is 0 Å². The highest BCUT2D eigenvalue weighted by atomic mass is 35.5. The maximum absolute atomic E-state index is 13.0. The van der Waals surface area contributed by atoms with E-state index in [1.54, 1.807) is 10.7 Å². The van der Waals surface area contributed by atoms with Gasteiger partial charge in [0, 0.05) is 5.92 Å². The summed E-state index contributed by atoms with van der Waals surface area (Å²) in [5, 5.41) is 17.0. The van der Waals surface area contributed by atoms with Crippen LogP contribution in [-0.2, 0) is 4.79 Å². The quantitative estimate of drug-likeness (QED) is 0.596. The van der Waals surface area contributed by atoms with Crippen molar-refractivity contribution in [1.82, 2.24) is 20.1 Å². The maximum atomic E-state index is 13.0. The number of carboxylic acids is 1. The summed E-state index contributed by atoms with van der Waals surface area (Å²) in [6.45, 7) is 1.88. The van der Waals surface area contributed by atoms with Gasteiger partial charge < -0.3 is 10.4 Å². The number of benzene rings is 2. The Labute approximate surface area is 178 Å². The minimum Gasteiger partial charge on any atom is -0.481 e. The van der Waals surface area contributed by atoms with E-state index >= 15 is 0 Å². The zero-order chi connectivity index (χ0) is 21.3. The molecule has 1 amide bonds. The van der Waals surface area contributed by atoms with Gasteiger partial charge in [-0.2, -0.15) is 0 Å². The molecule has 0 radical (unpaired) electrons. The van der Waals surface area contributed by atoms with E-state index in [-0.39, 0.29) is 18.2 Å². The highest BCUT2D eigenvalue weighted by molar-refractivity contribution is 6.32. The average Bonchev–Trinajstić information content (AvgIpc) is 3.46. The molecule has 2 N–H and O–H groups in total. The van der Waals surface area contributed by atoms with Crippen LogP contribution in [0.25, 0.3) is 5.69 Å². The molecule has 1 heterocycles. The molecule has 7 nitrogen and oxygen atoms in total. The Morgan fingerprint density at radius 1 is 1.20 bits per heavy atom. The summed E-state index contributed by atoms with van der Waals surface area (Å²) >= 11 is 6.33. The van der Waals surface area contributed by atoms with Gasteiger partial charge in [-0.3, -0.25) is 9.59 Å². The van der Waals surface area contributed by atoms with Crippen LogP contribution < -0.4 is 5.32 Å². The summed E-state index contributed by atoms with van der Waals surface area (Å²) in [5.74, 6) is -0.588. The fourth-order valence-corrected chi connectivity index (χ4v) is 3.66. The Bertz CT molecular complexity index is 1110. The highest BCUT2D eigenvalue weighted by Gasteiger charge is 2.32. The molecule has 0 aliphatic heterocycles. The third-order valence-electron chi connectivity index (χ3n) is 5.11. The van der Waals surface area contributed by atoms with Crippen LogP contribution in [0.15, 0.2) is 48.5 Å². The van der Waals surface area contributed by atoms with Crippen molar-refractivity contribution in [1.29, 1.82) is 0 Å². The minimum absolute atomic E-state index is 0.000734. The number of carbonyl (C=O) groups excluding carboxylic acids is 1. The van der Waals surface area contributed by atoms with Crippen LogP contribution in [0, 0.1) is 6.92 Å². The number of carbonyl (C=O) groups is 2. The predicted molar refractivity (Wildman–Crippen MR) is 112 cm³/mol. The van der Waals surface area contributed by atoms with Crippen molar-refractivity contribution in [2.24, 2.45) is 0 Å². The fourth-order valence-electron chi connectivity index (χ4n) is 3.44. The molecule has 1 saturated carbocycles. The average molecular weight is 425 g/mol. The van der Waals surface area contributed by atoms with Crippen molar-refractivity contribution in [3.05, 3.63) is 76.3 Å². The van der Waals surface area contributed by atoms with Crippen LogP contribution in [0.1, 0.15) is 58.8 Å². The third-order valence-corrected chi connectivity index (χ3v) is 5.43.